The molecule has 0 spiro atoms. The third-order valence-corrected chi connectivity index (χ3v) is 3.60. The number of aryl methyl sites for hydroxylation is 1. The molecule has 1 aromatic heterocycles. The van der Waals surface area contributed by atoms with E-state index in [0.29, 0.717) is 15.6 Å². The van der Waals surface area contributed by atoms with Crippen molar-refractivity contribution in [2.45, 2.75) is 20.1 Å². The second kappa shape index (κ2) is 5.58. The van der Waals surface area contributed by atoms with Gasteiger partial charge in [0.25, 0.3) is 0 Å². The summed E-state index contributed by atoms with van der Waals surface area (Å²) in [6.07, 6.45) is 0. The Kier molecular flexibility index (Phi) is 4.06. The normalized spacial score (nSPS) is 11.1. The van der Waals surface area contributed by atoms with Crippen LogP contribution in [0.3, 0.4) is 0 Å². The summed E-state index contributed by atoms with van der Waals surface area (Å²) >= 11 is 1.11. The van der Waals surface area contributed by atoms with Gasteiger partial charge in [-0.05, 0) is 25.1 Å². The molecular weight excluding hydrogens is 279 g/mol. The summed E-state index contributed by atoms with van der Waals surface area (Å²) in [5, 5.41) is 9.42. The number of hydrogen-bond acceptors (Lipinski definition) is 4. The smallest absolute Gasteiger partial charge is 0.387 e. The van der Waals surface area contributed by atoms with E-state index in [4.69, 9.17) is 5.11 Å². The second-order valence-electron chi connectivity index (χ2n) is 3.70. The van der Waals surface area contributed by atoms with E-state index in [1.807, 2.05) is 0 Å². The average molecular weight is 289 g/mol. The van der Waals surface area contributed by atoms with Crippen molar-refractivity contribution in [3.05, 3.63) is 34.6 Å². The maximum absolute atomic E-state index is 13.2. The predicted molar refractivity (Wildman–Crippen MR) is 64.8 cm³/mol. The van der Waals surface area contributed by atoms with Crippen molar-refractivity contribution in [2.75, 3.05) is 0 Å². The maximum atomic E-state index is 13.2. The van der Waals surface area contributed by atoms with Gasteiger partial charge in [0.05, 0.1) is 22.7 Å². The molecule has 0 saturated heterocycles. The molecule has 1 heterocycles. The summed E-state index contributed by atoms with van der Waals surface area (Å²) in [4.78, 5) is 4.73. The topological polar surface area (TPSA) is 42.4 Å². The number of thiazole rings is 1. The molecule has 102 valence electrons. The largest absolute Gasteiger partial charge is 0.434 e. The lowest BCUT2D eigenvalue weighted by molar-refractivity contribution is -0.0494. The van der Waals surface area contributed by atoms with Gasteiger partial charge < -0.3 is 9.84 Å². The molecule has 2 aromatic rings. The molecule has 19 heavy (non-hydrogen) atoms. The van der Waals surface area contributed by atoms with Gasteiger partial charge in [0, 0.05) is 0 Å². The Morgan fingerprint density at radius 1 is 1.42 bits per heavy atom. The van der Waals surface area contributed by atoms with Crippen LogP contribution >= 0.6 is 11.3 Å². The average Bonchev–Trinajstić information content (AvgIpc) is 2.72. The highest BCUT2D eigenvalue weighted by molar-refractivity contribution is 7.15. The van der Waals surface area contributed by atoms with Gasteiger partial charge in [0.15, 0.2) is 0 Å². The van der Waals surface area contributed by atoms with Crippen molar-refractivity contribution in [3.63, 3.8) is 0 Å². The van der Waals surface area contributed by atoms with Crippen molar-refractivity contribution < 1.29 is 23.0 Å². The van der Waals surface area contributed by atoms with Crippen molar-refractivity contribution in [1.82, 2.24) is 4.98 Å². The van der Waals surface area contributed by atoms with Gasteiger partial charge in [-0.2, -0.15) is 8.78 Å². The van der Waals surface area contributed by atoms with E-state index < -0.39 is 12.4 Å². The van der Waals surface area contributed by atoms with E-state index in [2.05, 4.69) is 9.72 Å². The molecule has 0 aliphatic carbocycles. The summed E-state index contributed by atoms with van der Waals surface area (Å²) in [6, 6.07) is 3.25. The quantitative estimate of drug-likeness (QED) is 0.938. The van der Waals surface area contributed by atoms with Crippen LogP contribution in [0.25, 0.3) is 10.6 Å². The van der Waals surface area contributed by atoms with Gasteiger partial charge in [0.2, 0.25) is 0 Å². The zero-order chi connectivity index (χ0) is 14.0. The van der Waals surface area contributed by atoms with Gasteiger partial charge in [-0.3, -0.25) is 0 Å². The molecule has 0 aliphatic heterocycles. The molecule has 2 rings (SSSR count). The molecule has 0 unspecified atom stereocenters. The number of aliphatic hydroxyl groups is 1. The summed E-state index contributed by atoms with van der Waals surface area (Å²) in [6.45, 7) is -1.52. The molecule has 0 saturated carbocycles. The molecule has 7 heteroatoms. The Labute approximate surface area is 111 Å². The summed E-state index contributed by atoms with van der Waals surface area (Å²) < 4.78 is 42.2. The van der Waals surface area contributed by atoms with Crippen LogP contribution in [-0.2, 0) is 6.61 Å². The standard InChI is InChI=1S/C12H10F3NO2S/c1-6-10(5-17)19-11(16-6)8-4-7(13)2-3-9(8)18-12(14)15/h2-4,12,17H,5H2,1H3. The van der Waals surface area contributed by atoms with Crippen LogP contribution in [-0.4, -0.2) is 16.7 Å². The number of halogens is 3. The van der Waals surface area contributed by atoms with Crippen LogP contribution < -0.4 is 4.74 Å². The fourth-order valence-electron chi connectivity index (χ4n) is 1.56. The first-order valence-electron chi connectivity index (χ1n) is 5.33. The van der Waals surface area contributed by atoms with Crippen LogP contribution in [0, 0.1) is 12.7 Å². The SMILES string of the molecule is Cc1nc(-c2cc(F)ccc2OC(F)F)sc1CO. The minimum Gasteiger partial charge on any atom is -0.434 e. The number of alkyl halides is 2. The van der Waals surface area contributed by atoms with Gasteiger partial charge in [-0.15, -0.1) is 11.3 Å². The van der Waals surface area contributed by atoms with Crippen LogP contribution in [0.2, 0.25) is 0 Å². The van der Waals surface area contributed by atoms with E-state index in [-0.39, 0.29) is 17.9 Å². The fraction of sp³-hybridized carbons (Fsp3) is 0.250. The van der Waals surface area contributed by atoms with Crippen molar-refractivity contribution in [3.8, 4) is 16.3 Å². The maximum Gasteiger partial charge on any atom is 0.387 e. The van der Waals surface area contributed by atoms with Gasteiger partial charge in [-0.1, -0.05) is 0 Å². The van der Waals surface area contributed by atoms with E-state index in [1.165, 1.54) is 0 Å². The van der Waals surface area contributed by atoms with Crippen LogP contribution in [0.1, 0.15) is 10.6 Å². The molecule has 0 atom stereocenters. The summed E-state index contributed by atoms with van der Waals surface area (Å²) in [7, 11) is 0. The highest BCUT2D eigenvalue weighted by Crippen LogP contribution is 2.35. The highest BCUT2D eigenvalue weighted by atomic mass is 32.1. The first-order valence-corrected chi connectivity index (χ1v) is 6.15. The third-order valence-electron chi connectivity index (χ3n) is 2.42. The number of aromatic nitrogens is 1. The minimum atomic E-state index is -3.00. The Morgan fingerprint density at radius 3 is 2.74 bits per heavy atom. The Hall–Kier alpha value is -1.60. The Bertz CT molecular complexity index is 586. The van der Waals surface area contributed by atoms with Crippen molar-refractivity contribution in [2.24, 2.45) is 0 Å². The minimum absolute atomic E-state index is 0.144. The lowest BCUT2D eigenvalue weighted by Crippen LogP contribution is -2.03. The number of hydrogen-bond donors (Lipinski definition) is 1. The van der Waals surface area contributed by atoms with Crippen molar-refractivity contribution >= 4 is 11.3 Å². The Morgan fingerprint density at radius 2 is 2.16 bits per heavy atom. The number of benzene rings is 1. The number of aliphatic hydroxyl groups excluding tert-OH is 1. The molecule has 0 fully saturated rings. The molecule has 0 bridgehead atoms. The van der Waals surface area contributed by atoms with Gasteiger partial charge in [0.1, 0.15) is 16.6 Å². The summed E-state index contributed by atoms with van der Waals surface area (Å²) in [5.41, 5.74) is 0.725. The predicted octanol–water partition coefficient (Wildman–Crippen LogP) is 3.35. The van der Waals surface area contributed by atoms with Gasteiger partial charge >= 0.3 is 6.61 Å². The van der Waals surface area contributed by atoms with E-state index in [9.17, 15) is 13.2 Å². The molecule has 1 aromatic carbocycles. The molecule has 3 nitrogen and oxygen atoms in total. The zero-order valence-electron chi connectivity index (χ0n) is 9.86. The first kappa shape index (κ1) is 13.8. The monoisotopic (exact) mass is 289 g/mol. The molecular formula is C12H10F3NO2S. The van der Waals surface area contributed by atoms with Crippen LogP contribution in [0.5, 0.6) is 5.75 Å². The van der Waals surface area contributed by atoms with E-state index >= 15 is 0 Å². The molecule has 0 aliphatic rings. The highest BCUT2D eigenvalue weighted by Gasteiger charge is 2.16. The molecule has 0 amide bonds. The van der Waals surface area contributed by atoms with Crippen molar-refractivity contribution in [1.29, 1.82) is 0 Å². The number of rotatable bonds is 4. The zero-order valence-corrected chi connectivity index (χ0v) is 10.7. The lowest BCUT2D eigenvalue weighted by atomic mass is 10.2. The molecule has 1 N–H and O–H groups in total. The molecule has 0 radical (unpaired) electrons. The second-order valence-corrected chi connectivity index (χ2v) is 4.79. The van der Waals surface area contributed by atoms with Gasteiger partial charge in [-0.25, -0.2) is 9.37 Å². The third kappa shape index (κ3) is 3.05. The first-order chi connectivity index (χ1) is 9.01. The van der Waals surface area contributed by atoms with E-state index in [0.717, 1.165) is 29.5 Å². The van der Waals surface area contributed by atoms with E-state index in [1.54, 1.807) is 6.92 Å². The van der Waals surface area contributed by atoms with Crippen LogP contribution in [0.4, 0.5) is 13.2 Å². The fourth-order valence-corrected chi connectivity index (χ4v) is 2.50. The number of ether oxygens (including phenoxy) is 1. The number of nitrogens with zero attached hydrogens (tertiary/aromatic N) is 1. The Balaban J connectivity index is 2.49. The summed E-state index contributed by atoms with van der Waals surface area (Å²) in [5.74, 6) is -0.718. The lowest BCUT2D eigenvalue weighted by Gasteiger charge is -2.08. The van der Waals surface area contributed by atoms with Crippen LogP contribution in [0.15, 0.2) is 18.2 Å².